The number of carbonyl (C=O) groups is 2. The van der Waals surface area contributed by atoms with Crippen molar-refractivity contribution in [2.75, 3.05) is 36.4 Å². The zero-order chi connectivity index (χ0) is 21.5. The average Bonchev–Trinajstić information content (AvgIpc) is 2.84. The Kier molecular flexibility index (Phi) is 6.47. The van der Waals surface area contributed by atoms with Crippen molar-refractivity contribution < 1.29 is 9.59 Å². The summed E-state index contributed by atoms with van der Waals surface area (Å²) in [7, 11) is 0. The van der Waals surface area contributed by atoms with Crippen molar-refractivity contribution in [1.29, 1.82) is 0 Å². The number of rotatable bonds is 5. The summed E-state index contributed by atoms with van der Waals surface area (Å²) in [5, 5.41) is 5.83. The molecule has 0 spiro atoms. The highest BCUT2D eigenvalue weighted by Gasteiger charge is 2.21. The second-order valence-electron chi connectivity index (χ2n) is 7.49. The van der Waals surface area contributed by atoms with E-state index < -0.39 is 0 Å². The summed E-state index contributed by atoms with van der Waals surface area (Å²) in [6.07, 6.45) is 0. The molecule has 1 fully saturated rings. The fourth-order valence-corrected chi connectivity index (χ4v) is 3.59. The molecule has 1 saturated heterocycles. The van der Waals surface area contributed by atoms with Crippen LogP contribution in [0.5, 0.6) is 0 Å². The van der Waals surface area contributed by atoms with Crippen LogP contribution in [0.3, 0.4) is 0 Å². The number of para-hydroxylation sites is 1. The first kappa shape index (κ1) is 20.5. The molecule has 3 aromatic rings. The largest absolute Gasteiger partial charge is 0.368 e. The van der Waals surface area contributed by atoms with Crippen molar-refractivity contribution in [3.8, 4) is 0 Å². The van der Waals surface area contributed by atoms with Crippen molar-refractivity contribution in [3.63, 3.8) is 0 Å². The van der Waals surface area contributed by atoms with Gasteiger partial charge in [0.15, 0.2) is 0 Å². The Hall–Kier alpha value is -3.80. The van der Waals surface area contributed by atoms with Crippen molar-refractivity contribution in [2.24, 2.45) is 0 Å². The van der Waals surface area contributed by atoms with Gasteiger partial charge in [0.1, 0.15) is 0 Å². The highest BCUT2D eigenvalue weighted by atomic mass is 16.2. The standard InChI is InChI=1S/C25H26N4O2/c30-24(26-19-20-7-3-1-4-8-20)21-11-13-22(14-12-21)27-25(31)29-17-15-28(16-18-29)23-9-5-2-6-10-23/h1-14H,15-19H2,(H,26,30)(H,27,31). The Labute approximate surface area is 182 Å². The quantitative estimate of drug-likeness (QED) is 0.664. The van der Waals surface area contributed by atoms with Gasteiger partial charge in [-0.2, -0.15) is 0 Å². The van der Waals surface area contributed by atoms with Gasteiger partial charge in [0.25, 0.3) is 5.91 Å². The molecule has 158 valence electrons. The first-order valence-electron chi connectivity index (χ1n) is 10.5. The molecule has 6 nitrogen and oxygen atoms in total. The Morgan fingerprint density at radius 2 is 1.35 bits per heavy atom. The molecule has 6 heteroatoms. The van der Waals surface area contributed by atoms with Crippen LogP contribution in [0.15, 0.2) is 84.9 Å². The summed E-state index contributed by atoms with van der Waals surface area (Å²) in [6.45, 7) is 3.42. The van der Waals surface area contributed by atoms with E-state index in [4.69, 9.17) is 0 Å². The lowest BCUT2D eigenvalue weighted by molar-refractivity contribution is 0.0951. The predicted molar refractivity (Wildman–Crippen MR) is 123 cm³/mol. The number of carbonyl (C=O) groups excluding carboxylic acids is 2. The molecular weight excluding hydrogens is 388 g/mol. The van der Waals surface area contributed by atoms with Crippen LogP contribution in [0.1, 0.15) is 15.9 Å². The Balaban J connectivity index is 1.26. The molecule has 2 N–H and O–H groups in total. The van der Waals surface area contributed by atoms with Crippen LogP contribution >= 0.6 is 0 Å². The van der Waals surface area contributed by atoms with Gasteiger partial charge < -0.3 is 20.4 Å². The smallest absolute Gasteiger partial charge is 0.321 e. The molecule has 0 unspecified atom stereocenters. The minimum absolute atomic E-state index is 0.117. The third-order valence-electron chi connectivity index (χ3n) is 5.38. The molecule has 4 rings (SSSR count). The van der Waals surface area contributed by atoms with E-state index >= 15 is 0 Å². The molecule has 1 heterocycles. The van der Waals surface area contributed by atoms with Crippen molar-refractivity contribution >= 4 is 23.3 Å². The molecule has 3 aromatic carbocycles. The van der Waals surface area contributed by atoms with E-state index in [1.54, 1.807) is 24.3 Å². The van der Waals surface area contributed by atoms with Crippen molar-refractivity contribution in [1.82, 2.24) is 10.2 Å². The van der Waals surface area contributed by atoms with Crippen LogP contribution in [-0.2, 0) is 6.54 Å². The summed E-state index contributed by atoms with van der Waals surface area (Å²) >= 11 is 0. The van der Waals surface area contributed by atoms with Gasteiger partial charge in [-0.05, 0) is 42.0 Å². The normalized spacial score (nSPS) is 13.5. The Morgan fingerprint density at radius 1 is 0.742 bits per heavy atom. The number of urea groups is 1. The monoisotopic (exact) mass is 414 g/mol. The highest BCUT2D eigenvalue weighted by molar-refractivity contribution is 5.95. The van der Waals surface area contributed by atoms with E-state index in [1.807, 2.05) is 53.4 Å². The maximum atomic E-state index is 12.6. The number of anilines is 2. The average molecular weight is 415 g/mol. The number of nitrogens with one attached hydrogen (secondary N) is 2. The molecule has 31 heavy (non-hydrogen) atoms. The summed E-state index contributed by atoms with van der Waals surface area (Å²) in [5.74, 6) is -0.140. The second kappa shape index (κ2) is 9.80. The van der Waals surface area contributed by atoms with Gasteiger partial charge in [-0.3, -0.25) is 4.79 Å². The lowest BCUT2D eigenvalue weighted by Crippen LogP contribution is -2.50. The summed E-state index contributed by atoms with van der Waals surface area (Å²) in [4.78, 5) is 29.0. The number of amides is 3. The van der Waals surface area contributed by atoms with Crippen LogP contribution in [0.25, 0.3) is 0 Å². The number of hydrogen-bond donors (Lipinski definition) is 2. The molecule has 3 amide bonds. The molecule has 0 radical (unpaired) electrons. The predicted octanol–water partition coefficient (Wildman–Crippen LogP) is 3.97. The molecule has 0 saturated carbocycles. The number of nitrogens with zero attached hydrogens (tertiary/aromatic N) is 2. The zero-order valence-electron chi connectivity index (χ0n) is 17.3. The maximum absolute atomic E-state index is 12.6. The molecule has 0 aromatic heterocycles. The second-order valence-corrected chi connectivity index (χ2v) is 7.49. The van der Waals surface area contributed by atoms with Gasteiger partial charge in [-0.15, -0.1) is 0 Å². The van der Waals surface area contributed by atoms with Gasteiger partial charge in [0.2, 0.25) is 0 Å². The third kappa shape index (κ3) is 5.42. The number of benzene rings is 3. The highest BCUT2D eigenvalue weighted by Crippen LogP contribution is 2.17. The molecule has 1 aliphatic heterocycles. The summed E-state index contributed by atoms with van der Waals surface area (Å²) in [5.41, 5.74) is 3.47. The van der Waals surface area contributed by atoms with Crippen LogP contribution in [-0.4, -0.2) is 43.0 Å². The number of hydrogen-bond acceptors (Lipinski definition) is 3. The fourth-order valence-electron chi connectivity index (χ4n) is 3.59. The van der Waals surface area contributed by atoms with Crippen molar-refractivity contribution in [2.45, 2.75) is 6.54 Å². The Bertz CT molecular complexity index is 999. The third-order valence-corrected chi connectivity index (χ3v) is 5.38. The van der Waals surface area contributed by atoms with Gasteiger partial charge >= 0.3 is 6.03 Å². The van der Waals surface area contributed by atoms with E-state index in [0.29, 0.717) is 30.9 Å². The SMILES string of the molecule is O=C(NCc1ccccc1)c1ccc(NC(=O)N2CCN(c3ccccc3)CC2)cc1. The molecule has 1 aliphatic rings. The minimum atomic E-state index is -0.140. The van der Waals surface area contributed by atoms with E-state index in [2.05, 4.69) is 27.7 Å². The summed E-state index contributed by atoms with van der Waals surface area (Å²) in [6, 6.07) is 26.9. The fraction of sp³-hybridized carbons (Fsp3) is 0.200. The van der Waals surface area contributed by atoms with Crippen LogP contribution in [0.2, 0.25) is 0 Å². The summed E-state index contributed by atoms with van der Waals surface area (Å²) < 4.78 is 0. The number of piperazine rings is 1. The maximum Gasteiger partial charge on any atom is 0.321 e. The molecule has 0 bridgehead atoms. The van der Waals surface area contributed by atoms with E-state index in [9.17, 15) is 9.59 Å². The first-order valence-corrected chi connectivity index (χ1v) is 10.5. The molecular formula is C25H26N4O2. The van der Waals surface area contributed by atoms with Gasteiger partial charge in [0.05, 0.1) is 0 Å². The van der Waals surface area contributed by atoms with E-state index in [0.717, 1.165) is 18.7 Å². The first-order chi connectivity index (χ1) is 15.2. The zero-order valence-corrected chi connectivity index (χ0v) is 17.3. The lowest BCUT2D eigenvalue weighted by Gasteiger charge is -2.36. The van der Waals surface area contributed by atoms with Crippen LogP contribution in [0, 0.1) is 0 Å². The minimum Gasteiger partial charge on any atom is -0.368 e. The van der Waals surface area contributed by atoms with Crippen LogP contribution < -0.4 is 15.5 Å². The van der Waals surface area contributed by atoms with Crippen molar-refractivity contribution in [3.05, 3.63) is 96.1 Å². The van der Waals surface area contributed by atoms with E-state index in [-0.39, 0.29) is 11.9 Å². The van der Waals surface area contributed by atoms with Gasteiger partial charge in [0, 0.05) is 49.7 Å². The van der Waals surface area contributed by atoms with Gasteiger partial charge in [-0.1, -0.05) is 48.5 Å². The van der Waals surface area contributed by atoms with Crippen LogP contribution in [0.4, 0.5) is 16.2 Å². The van der Waals surface area contributed by atoms with Gasteiger partial charge in [-0.25, -0.2) is 4.79 Å². The Morgan fingerprint density at radius 3 is 2.00 bits per heavy atom. The molecule has 0 atom stereocenters. The topological polar surface area (TPSA) is 64.7 Å². The van der Waals surface area contributed by atoms with E-state index in [1.165, 1.54) is 5.69 Å². The lowest BCUT2D eigenvalue weighted by atomic mass is 10.1. The molecule has 0 aliphatic carbocycles.